The molecule has 0 radical (unpaired) electrons. The van der Waals surface area contributed by atoms with Crippen molar-refractivity contribution < 1.29 is 9.59 Å². The number of amides is 2. The Kier molecular flexibility index (Phi) is 9.87. The third kappa shape index (κ3) is 8.71. The quantitative estimate of drug-likeness (QED) is 0.690. The van der Waals surface area contributed by atoms with E-state index in [-0.39, 0.29) is 18.4 Å². The second-order valence-corrected chi connectivity index (χ2v) is 5.93. The molecule has 122 valence electrons. The monoisotopic (exact) mass is 297 g/mol. The van der Waals surface area contributed by atoms with Gasteiger partial charge in [-0.1, -0.05) is 51.4 Å². The summed E-state index contributed by atoms with van der Waals surface area (Å²) in [4.78, 5) is 23.7. The molecule has 1 rings (SSSR count). The van der Waals surface area contributed by atoms with Crippen molar-refractivity contribution in [2.45, 2.75) is 76.7 Å². The van der Waals surface area contributed by atoms with Crippen molar-refractivity contribution in [2.75, 3.05) is 13.1 Å². The molecule has 2 amide bonds. The molecular weight excluding hydrogens is 266 g/mol. The number of rotatable bonds is 1. The molecule has 0 aromatic carbocycles. The second kappa shape index (κ2) is 11.5. The predicted molar refractivity (Wildman–Crippen MR) is 84.8 cm³/mol. The van der Waals surface area contributed by atoms with Crippen LogP contribution in [0.4, 0.5) is 0 Å². The Balaban J connectivity index is 2.40. The van der Waals surface area contributed by atoms with Gasteiger partial charge in [-0.3, -0.25) is 9.59 Å². The Morgan fingerprint density at radius 1 is 0.857 bits per heavy atom. The molecule has 5 nitrogen and oxygen atoms in total. The molecule has 0 aromatic rings. The smallest absolute Gasteiger partial charge is 0.243 e. The second-order valence-electron chi connectivity index (χ2n) is 5.93. The zero-order valence-corrected chi connectivity index (χ0v) is 13.2. The van der Waals surface area contributed by atoms with E-state index in [0.717, 1.165) is 25.7 Å². The van der Waals surface area contributed by atoms with Crippen molar-refractivity contribution in [3.05, 3.63) is 0 Å². The number of hydrogen-bond acceptors (Lipinski definition) is 3. The SMILES string of the molecule is NC[C@@H]1NC(=O)CCCCCCCCCCCCNC1=O. The van der Waals surface area contributed by atoms with Gasteiger partial charge in [0.25, 0.3) is 0 Å². The molecule has 1 heterocycles. The molecular formula is C16H31N3O2. The van der Waals surface area contributed by atoms with Gasteiger partial charge in [0.1, 0.15) is 6.04 Å². The minimum absolute atomic E-state index is 0.0649. The highest BCUT2D eigenvalue weighted by Gasteiger charge is 2.18. The summed E-state index contributed by atoms with van der Waals surface area (Å²) in [5.41, 5.74) is 5.58. The highest BCUT2D eigenvalue weighted by atomic mass is 16.2. The highest BCUT2D eigenvalue weighted by Crippen LogP contribution is 2.11. The van der Waals surface area contributed by atoms with Crippen LogP contribution >= 0.6 is 0 Å². The van der Waals surface area contributed by atoms with Gasteiger partial charge < -0.3 is 16.4 Å². The normalized spacial score (nSPS) is 24.7. The van der Waals surface area contributed by atoms with Gasteiger partial charge >= 0.3 is 0 Å². The molecule has 0 spiro atoms. The van der Waals surface area contributed by atoms with Crippen LogP contribution in [0.25, 0.3) is 0 Å². The Bertz CT molecular complexity index is 308. The Labute approximate surface area is 128 Å². The first-order valence-corrected chi connectivity index (χ1v) is 8.51. The van der Waals surface area contributed by atoms with Crippen molar-refractivity contribution in [1.29, 1.82) is 0 Å². The minimum Gasteiger partial charge on any atom is -0.354 e. The average molecular weight is 297 g/mol. The number of nitrogens with one attached hydrogen (secondary N) is 2. The van der Waals surface area contributed by atoms with Crippen LogP contribution in [-0.4, -0.2) is 30.9 Å². The van der Waals surface area contributed by atoms with E-state index >= 15 is 0 Å². The highest BCUT2D eigenvalue weighted by molar-refractivity contribution is 5.87. The van der Waals surface area contributed by atoms with Crippen molar-refractivity contribution in [3.8, 4) is 0 Å². The van der Waals surface area contributed by atoms with Crippen molar-refractivity contribution in [1.82, 2.24) is 10.6 Å². The van der Waals surface area contributed by atoms with Crippen LogP contribution in [0.2, 0.25) is 0 Å². The lowest BCUT2D eigenvalue weighted by atomic mass is 10.1. The van der Waals surface area contributed by atoms with Crippen molar-refractivity contribution >= 4 is 11.8 Å². The summed E-state index contributed by atoms with van der Waals surface area (Å²) in [7, 11) is 0. The molecule has 1 saturated heterocycles. The number of nitrogens with two attached hydrogens (primary N) is 1. The lowest BCUT2D eigenvalue weighted by molar-refractivity contribution is -0.128. The van der Waals surface area contributed by atoms with Gasteiger partial charge in [-0.2, -0.15) is 0 Å². The van der Waals surface area contributed by atoms with Gasteiger partial charge in [-0.15, -0.1) is 0 Å². The topological polar surface area (TPSA) is 84.2 Å². The van der Waals surface area contributed by atoms with Crippen LogP contribution in [-0.2, 0) is 9.59 Å². The van der Waals surface area contributed by atoms with Crippen molar-refractivity contribution in [2.24, 2.45) is 5.73 Å². The van der Waals surface area contributed by atoms with Gasteiger partial charge in [0, 0.05) is 19.5 Å². The first-order chi connectivity index (χ1) is 10.2. The number of carbonyl (C=O) groups excluding carboxylic acids is 2. The lowest BCUT2D eigenvalue weighted by Gasteiger charge is -2.16. The van der Waals surface area contributed by atoms with Gasteiger partial charge in [0.15, 0.2) is 0 Å². The van der Waals surface area contributed by atoms with Crippen LogP contribution in [0.5, 0.6) is 0 Å². The molecule has 21 heavy (non-hydrogen) atoms. The molecule has 0 bridgehead atoms. The van der Waals surface area contributed by atoms with Crippen LogP contribution in [0.1, 0.15) is 70.6 Å². The molecule has 4 N–H and O–H groups in total. The summed E-state index contributed by atoms with van der Waals surface area (Å²) >= 11 is 0. The third-order valence-corrected chi connectivity index (χ3v) is 4.02. The van der Waals surface area contributed by atoms with E-state index in [1.165, 1.54) is 38.5 Å². The molecule has 1 fully saturated rings. The van der Waals surface area contributed by atoms with Crippen LogP contribution in [0, 0.1) is 0 Å². The maximum Gasteiger partial charge on any atom is 0.243 e. The lowest BCUT2D eigenvalue weighted by Crippen LogP contribution is -2.50. The maximum atomic E-state index is 11.9. The Morgan fingerprint density at radius 2 is 1.38 bits per heavy atom. The standard InChI is InChI=1S/C16H31N3O2/c17-13-14-16(21)18-12-10-8-6-4-2-1-3-5-7-9-11-15(20)19-14/h14H,1-13,17H2,(H,18,21)(H,19,20)/t14-/m0/s1. The average Bonchev–Trinajstić information content (AvgIpc) is 2.48. The molecule has 0 saturated carbocycles. The van der Waals surface area contributed by atoms with Gasteiger partial charge in [-0.25, -0.2) is 0 Å². The molecule has 1 atom stereocenters. The molecule has 5 heteroatoms. The first-order valence-electron chi connectivity index (χ1n) is 8.51. The number of carbonyl (C=O) groups is 2. The van der Waals surface area contributed by atoms with E-state index in [9.17, 15) is 9.59 Å². The van der Waals surface area contributed by atoms with E-state index in [1.54, 1.807) is 0 Å². The molecule has 1 aliphatic heterocycles. The summed E-state index contributed by atoms with van der Waals surface area (Å²) < 4.78 is 0. The Hall–Kier alpha value is -1.10. The first kappa shape index (κ1) is 18.0. The van der Waals surface area contributed by atoms with Crippen LogP contribution in [0.3, 0.4) is 0 Å². The summed E-state index contributed by atoms with van der Waals surface area (Å²) in [6, 6.07) is -0.590. The molecule has 1 aliphatic rings. The van der Waals surface area contributed by atoms with E-state index < -0.39 is 6.04 Å². The van der Waals surface area contributed by atoms with Gasteiger partial charge in [-0.05, 0) is 12.8 Å². The summed E-state index contributed by atoms with van der Waals surface area (Å²) in [5.74, 6) is -0.222. The maximum absolute atomic E-state index is 11.9. The fourth-order valence-corrected chi connectivity index (χ4v) is 2.66. The van der Waals surface area contributed by atoms with E-state index in [0.29, 0.717) is 13.0 Å². The van der Waals surface area contributed by atoms with Crippen molar-refractivity contribution in [3.63, 3.8) is 0 Å². The zero-order chi connectivity index (χ0) is 15.3. The van der Waals surface area contributed by atoms with E-state index in [1.807, 2.05) is 0 Å². The summed E-state index contributed by atoms with van der Waals surface area (Å²) in [5, 5.41) is 5.60. The minimum atomic E-state index is -0.590. The predicted octanol–water partition coefficient (Wildman–Crippen LogP) is 1.85. The molecule has 0 aliphatic carbocycles. The molecule has 0 aromatic heterocycles. The van der Waals surface area contributed by atoms with E-state index in [2.05, 4.69) is 10.6 Å². The summed E-state index contributed by atoms with van der Waals surface area (Å²) in [6.07, 6.45) is 12.2. The van der Waals surface area contributed by atoms with Gasteiger partial charge in [0.2, 0.25) is 11.8 Å². The number of hydrogen-bond donors (Lipinski definition) is 3. The molecule has 0 unspecified atom stereocenters. The largest absolute Gasteiger partial charge is 0.354 e. The van der Waals surface area contributed by atoms with Gasteiger partial charge in [0.05, 0.1) is 0 Å². The van der Waals surface area contributed by atoms with E-state index in [4.69, 9.17) is 5.73 Å². The summed E-state index contributed by atoms with van der Waals surface area (Å²) in [6.45, 7) is 0.822. The van der Waals surface area contributed by atoms with Crippen LogP contribution < -0.4 is 16.4 Å². The zero-order valence-electron chi connectivity index (χ0n) is 13.2. The van der Waals surface area contributed by atoms with Crippen LogP contribution in [0.15, 0.2) is 0 Å². The third-order valence-electron chi connectivity index (χ3n) is 4.02. The fraction of sp³-hybridized carbons (Fsp3) is 0.875. The Morgan fingerprint density at radius 3 is 1.95 bits per heavy atom. The fourth-order valence-electron chi connectivity index (χ4n) is 2.66.